The van der Waals surface area contributed by atoms with Crippen LogP contribution in [0.1, 0.15) is 31.7 Å². The van der Waals surface area contributed by atoms with E-state index in [0.717, 1.165) is 27.2 Å². The van der Waals surface area contributed by atoms with Gasteiger partial charge < -0.3 is 10.1 Å². The quantitative estimate of drug-likeness (QED) is 0.816. The molecule has 18 heavy (non-hydrogen) atoms. The van der Waals surface area contributed by atoms with Gasteiger partial charge in [0.05, 0.1) is 11.6 Å². The van der Waals surface area contributed by atoms with Gasteiger partial charge >= 0.3 is 0 Å². The standard InChI is InChI=1S/C14H19Br2NO/c1-9(10-4-3-5-10)17-8-11-6-12(15)7-13(16)14(11)18-2/h6-7,9-10,17H,3-5,8H2,1-2H3. The van der Waals surface area contributed by atoms with Crippen LogP contribution in [0.2, 0.25) is 0 Å². The molecule has 0 saturated heterocycles. The van der Waals surface area contributed by atoms with E-state index in [1.807, 2.05) is 6.07 Å². The minimum atomic E-state index is 0.584. The van der Waals surface area contributed by atoms with Crippen molar-refractivity contribution >= 4 is 31.9 Å². The van der Waals surface area contributed by atoms with Gasteiger partial charge in [-0.2, -0.15) is 0 Å². The first-order valence-electron chi connectivity index (χ1n) is 6.37. The van der Waals surface area contributed by atoms with Gasteiger partial charge in [-0.3, -0.25) is 0 Å². The minimum Gasteiger partial charge on any atom is -0.495 e. The molecular formula is C14H19Br2NO. The summed E-state index contributed by atoms with van der Waals surface area (Å²) < 4.78 is 7.52. The first kappa shape index (κ1) is 14.4. The summed E-state index contributed by atoms with van der Waals surface area (Å²) in [6.45, 7) is 3.13. The van der Waals surface area contributed by atoms with Gasteiger partial charge in [-0.1, -0.05) is 22.4 Å². The third kappa shape index (κ3) is 3.28. The van der Waals surface area contributed by atoms with Crippen molar-refractivity contribution in [2.75, 3.05) is 7.11 Å². The van der Waals surface area contributed by atoms with Crippen LogP contribution in [0.15, 0.2) is 21.1 Å². The molecule has 4 heteroatoms. The summed E-state index contributed by atoms with van der Waals surface area (Å²) in [6, 6.07) is 4.71. The van der Waals surface area contributed by atoms with E-state index in [2.05, 4.69) is 50.2 Å². The average molecular weight is 377 g/mol. The smallest absolute Gasteiger partial charge is 0.137 e. The van der Waals surface area contributed by atoms with E-state index in [-0.39, 0.29) is 0 Å². The van der Waals surface area contributed by atoms with Gasteiger partial charge in [0.15, 0.2) is 0 Å². The van der Waals surface area contributed by atoms with E-state index in [1.54, 1.807) is 7.11 Å². The molecule has 1 aliphatic rings. The lowest BCUT2D eigenvalue weighted by molar-refractivity contribution is 0.239. The number of benzene rings is 1. The third-order valence-corrected chi connectivity index (χ3v) is 4.81. The van der Waals surface area contributed by atoms with Crippen molar-refractivity contribution in [1.29, 1.82) is 0 Å². The summed E-state index contributed by atoms with van der Waals surface area (Å²) >= 11 is 7.06. The fraction of sp³-hybridized carbons (Fsp3) is 0.571. The van der Waals surface area contributed by atoms with Crippen LogP contribution in [0, 0.1) is 5.92 Å². The second-order valence-electron chi connectivity index (χ2n) is 4.94. The molecule has 100 valence electrons. The Bertz CT molecular complexity index is 419. The Balaban J connectivity index is 2.03. The van der Waals surface area contributed by atoms with Gasteiger partial charge in [0.25, 0.3) is 0 Å². The minimum absolute atomic E-state index is 0.584. The molecule has 2 rings (SSSR count). The highest BCUT2D eigenvalue weighted by atomic mass is 79.9. The topological polar surface area (TPSA) is 21.3 Å². The zero-order valence-electron chi connectivity index (χ0n) is 10.8. The van der Waals surface area contributed by atoms with Crippen molar-refractivity contribution in [3.63, 3.8) is 0 Å². The Morgan fingerprint density at radius 1 is 1.39 bits per heavy atom. The molecule has 0 bridgehead atoms. The summed E-state index contributed by atoms with van der Waals surface area (Å²) in [7, 11) is 1.72. The molecule has 1 atom stereocenters. The first-order chi connectivity index (χ1) is 8.61. The molecule has 1 saturated carbocycles. The van der Waals surface area contributed by atoms with Crippen molar-refractivity contribution in [3.05, 3.63) is 26.6 Å². The number of hydrogen-bond donors (Lipinski definition) is 1. The molecule has 1 unspecified atom stereocenters. The van der Waals surface area contributed by atoms with E-state index in [9.17, 15) is 0 Å². The zero-order valence-corrected chi connectivity index (χ0v) is 14.0. The molecule has 1 fully saturated rings. The molecule has 0 aromatic heterocycles. The summed E-state index contributed by atoms with van der Waals surface area (Å²) in [6.07, 6.45) is 4.13. The maximum absolute atomic E-state index is 5.46. The number of rotatable bonds is 5. The van der Waals surface area contributed by atoms with Crippen molar-refractivity contribution in [3.8, 4) is 5.75 Å². The van der Waals surface area contributed by atoms with E-state index in [0.29, 0.717) is 6.04 Å². The van der Waals surface area contributed by atoms with Crippen LogP contribution in [-0.2, 0) is 6.54 Å². The Morgan fingerprint density at radius 2 is 2.11 bits per heavy atom. The normalized spacial score (nSPS) is 17.3. The van der Waals surface area contributed by atoms with Crippen molar-refractivity contribution in [2.45, 2.75) is 38.8 Å². The number of hydrogen-bond acceptors (Lipinski definition) is 2. The van der Waals surface area contributed by atoms with Crippen LogP contribution >= 0.6 is 31.9 Å². The number of methoxy groups -OCH3 is 1. The van der Waals surface area contributed by atoms with Crippen LogP contribution in [0.25, 0.3) is 0 Å². The van der Waals surface area contributed by atoms with Crippen LogP contribution in [0.3, 0.4) is 0 Å². The molecular weight excluding hydrogens is 358 g/mol. The lowest BCUT2D eigenvalue weighted by atomic mass is 9.80. The lowest BCUT2D eigenvalue weighted by Crippen LogP contribution is -2.36. The van der Waals surface area contributed by atoms with Crippen LogP contribution in [0.4, 0.5) is 0 Å². The Kier molecular flexibility index (Phi) is 5.10. The number of halogens is 2. The molecule has 0 spiro atoms. The maximum Gasteiger partial charge on any atom is 0.137 e. The zero-order chi connectivity index (χ0) is 13.1. The number of ether oxygens (including phenoxy) is 1. The van der Waals surface area contributed by atoms with Crippen LogP contribution < -0.4 is 10.1 Å². The van der Waals surface area contributed by atoms with Crippen molar-refractivity contribution in [1.82, 2.24) is 5.32 Å². The monoisotopic (exact) mass is 375 g/mol. The fourth-order valence-electron chi connectivity index (χ4n) is 2.35. The first-order valence-corrected chi connectivity index (χ1v) is 7.95. The summed E-state index contributed by atoms with van der Waals surface area (Å²) in [4.78, 5) is 0. The highest BCUT2D eigenvalue weighted by Gasteiger charge is 2.23. The highest BCUT2D eigenvalue weighted by molar-refractivity contribution is 9.11. The molecule has 1 aromatic rings. The molecule has 2 nitrogen and oxygen atoms in total. The fourth-order valence-corrected chi connectivity index (χ4v) is 3.83. The highest BCUT2D eigenvalue weighted by Crippen LogP contribution is 2.33. The Hall–Kier alpha value is -0.0600. The maximum atomic E-state index is 5.46. The Labute approximate surface area is 126 Å². The largest absolute Gasteiger partial charge is 0.495 e. The molecule has 0 amide bonds. The predicted molar refractivity (Wildman–Crippen MR) is 82.0 cm³/mol. The van der Waals surface area contributed by atoms with Gasteiger partial charge in [-0.15, -0.1) is 0 Å². The molecule has 1 N–H and O–H groups in total. The lowest BCUT2D eigenvalue weighted by Gasteiger charge is -2.32. The van der Waals surface area contributed by atoms with Gasteiger partial charge in [0, 0.05) is 22.6 Å². The van der Waals surface area contributed by atoms with Gasteiger partial charge in [-0.25, -0.2) is 0 Å². The van der Waals surface area contributed by atoms with E-state index in [4.69, 9.17) is 4.74 Å². The molecule has 0 aliphatic heterocycles. The number of nitrogens with one attached hydrogen (secondary N) is 1. The van der Waals surface area contributed by atoms with E-state index in [1.165, 1.54) is 24.8 Å². The summed E-state index contributed by atoms with van der Waals surface area (Å²) in [5.74, 6) is 1.78. The SMILES string of the molecule is COc1c(Br)cc(Br)cc1CNC(C)C1CCC1. The molecule has 1 aliphatic carbocycles. The van der Waals surface area contributed by atoms with Crippen LogP contribution in [0.5, 0.6) is 5.75 Å². The predicted octanol–water partition coefficient (Wildman–Crippen LogP) is 4.50. The van der Waals surface area contributed by atoms with Crippen LogP contribution in [-0.4, -0.2) is 13.2 Å². The molecule has 0 radical (unpaired) electrons. The summed E-state index contributed by atoms with van der Waals surface area (Å²) in [5.41, 5.74) is 1.19. The molecule has 0 heterocycles. The van der Waals surface area contributed by atoms with E-state index < -0.39 is 0 Å². The average Bonchev–Trinajstić information content (AvgIpc) is 2.23. The second-order valence-corrected chi connectivity index (χ2v) is 6.71. The van der Waals surface area contributed by atoms with Gasteiger partial charge in [-0.05, 0) is 53.7 Å². The Morgan fingerprint density at radius 3 is 2.67 bits per heavy atom. The summed E-state index contributed by atoms with van der Waals surface area (Å²) in [5, 5.41) is 3.61. The second kappa shape index (κ2) is 6.40. The van der Waals surface area contributed by atoms with E-state index >= 15 is 0 Å². The molecule has 1 aromatic carbocycles. The van der Waals surface area contributed by atoms with Crippen molar-refractivity contribution < 1.29 is 4.74 Å². The van der Waals surface area contributed by atoms with Crippen molar-refractivity contribution in [2.24, 2.45) is 5.92 Å². The van der Waals surface area contributed by atoms with Gasteiger partial charge in [0.1, 0.15) is 5.75 Å². The third-order valence-electron chi connectivity index (χ3n) is 3.76. The van der Waals surface area contributed by atoms with Gasteiger partial charge in [0.2, 0.25) is 0 Å².